The summed E-state index contributed by atoms with van der Waals surface area (Å²) in [5.41, 5.74) is -1.47. The maximum absolute atomic E-state index is 12.9. The van der Waals surface area contributed by atoms with E-state index in [9.17, 15) is 24.6 Å². The van der Waals surface area contributed by atoms with E-state index in [0.29, 0.717) is 29.6 Å². The molecule has 10 atom stereocenters. The number of carbonyl (C=O) groups excluding carboxylic acids is 1. The van der Waals surface area contributed by atoms with Crippen molar-refractivity contribution in [3.05, 3.63) is 0 Å². The van der Waals surface area contributed by atoms with Gasteiger partial charge in [-0.3, -0.25) is 14.4 Å². The average molecular weight is 587 g/mol. The molecule has 0 saturated heterocycles. The number of aliphatic carboxylic acids is 2. The lowest BCUT2D eigenvalue weighted by molar-refractivity contribution is -0.252. The van der Waals surface area contributed by atoms with E-state index in [2.05, 4.69) is 48.5 Å². The van der Waals surface area contributed by atoms with Gasteiger partial charge in [-0.15, -0.1) is 0 Å². The standard InChI is InChI=1S/C36H58O6/c1-21(2)22-12-17-36(30(40)41)19-18-34(8)23(28(22)36)10-11-25-33(7)15-14-26(42-27(37)20-31(3,4)29(38)39)32(5,6)24(33)13-16-35(25,34)9/h21-26,28H,10-20H2,1-9H3,(H,38,39)(H,40,41)/t22?,23?,24?,25?,26-,28?,33-,34+,35+,36-/m0/s1. The van der Waals surface area contributed by atoms with Crippen LogP contribution < -0.4 is 0 Å². The first kappa shape index (κ1) is 31.8. The van der Waals surface area contributed by atoms with Crippen molar-refractivity contribution in [1.82, 2.24) is 0 Å². The van der Waals surface area contributed by atoms with Crippen LogP contribution in [0, 0.1) is 68.0 Å². The minimum absolute atomic E-state index is 0.117. The Morgan fingerprint density at radius 3 is 2.07 bits per heavy atom. The summed E-state index contributed by atoms with van der Waals surface area (Å²) in [6.45, 7) is 20.0. The number of hydrogen-bond acceptors (Lipinski definition) is 4. The highest BCUT2D eigenvalue weighted by Gasteiger charge is 2.72. The molecule has 0 radical (unpaired) electrons. The van der Waals surface area contributed by atoms with Crippen molar-refractivity contribution >= 4 is 17.9 Å². The summed E-state index contributed by atoms with van der Waals surface area (Å²) < 4.78 is 6.11. The molecule has 5 unspecified atom stereocenters. The topological polar surface area (TPSA) is 101 Å². The predicted octanol–water partition coefficient (Wildman–Crippen LogP) is 8.22. The summed E-state index contributed by atoms with van der Waals surface area (Å²) >= 11 is 0. The molecule has 0 aromatic carbocycles. The monoisotopic (exact) mass is 586 g/mol. The molecule has 2 N–H and O–H groups in total. The zero-order valence-electron chi connectivity index (χ0n) is 27.8. The molecule has 5 fully saturated rings. The zero-order valence-corrected chi connectivity index (χ0v) is 27.8. The normalized spacial score (nSPS) is 46.1. The summed E-state index contributed by atoms with van der Waals surface area (Å²) in [6.07, 6.45) is 9.76. The molecule has 0 heterocycles. The molecule has 5 aliphatic carbocycles. The molecule has 5 rings (SSSR count). The molecule has 238 valence electrons. The van der Waals surface area contributed by atoms with Crippen molar-refractivity contribution < 1.29 is 29.3 Å². The second-order valence-corrected chi connectivity index (χ2v) is 17.8. The van der Waals surface area contributed by atoms with Gasteiger partial charge in [-0.05, 0) is 130 Å². The van der Waals surface area contributed by atoms with Crippen LogP contribution in [0.4, 0.5) is 0 Å². The molecule has 0 aliphatic heterocycles. The Morgan fingerprint density at radius 1 is 0.810 bits per heavy atom. The van der Waals surface area contributed by atoms with Crippen LogP contribution in [0.25, 0.3) is 0 Å². The fourth-order valence-corrected chi connectivity index (χ4v) is 12.6. The van der Waals surface area contributed by atoms with Gasteiger partial charge in [0.1, 0.15) is 6.10 Å². The number of rotatable bonds is 6. The van der Waals surface area contributed by atoms with E-state index in [1.807, 2.05) is 0 Å². The number of carboxylic acids is 2. The van der Waals surface area contributed by atoms with Gasteiger partial charge in [0, 0.05) is 5.41 Å². The summed E-state index contributed by atoms with van der Waals surface area (Å²) in [5.74, 6) is 0.791. The first-order valence-corrected chi connectivity index (χ1v) is 16.9. The van der Waals surface area contributed by atoms with E-state index in [-0.39, 0.29) is 40.1 Å². The third-order valence-electron chi connectivity index (χ3n) is 15.1. The number of fused-ring (bicyclic) bond motifs is 7. The van der Waals surface area contributed by atoms with Gasteiger partial charge in [0.25, 0.3) is 0 Å². The van der Waals surface area contributed by atoms with Crippen molar-refractivity contribution in [2.75, 3.05) is 0 Å². The fraction of sp³-hybridized carbons (Fsp3) is 0.917. The molecular weight excluding hydrogens is 528 g/mol. The van der Waals surface area contributed by atoms with E-state index in [1.54, 1.807) is 13.8 Å². The highest BCUT2D eigenvalue weighted by molar-refractivity contribution is 5.81. The molecule has 6 heteroatoms. The Hall–Kier alpha value is -1.59. The lowest BCUT2D eigenvalue weighted by atomic mass is 9.32. The summed E-state index contributed by atoms with van der Waals surface area (Å²) in [5, 5.41) is 20.2. The Morgan fingerprint density at radius 2 is 1.48 bits per heavy atom. The lowest BCUT2D eigenvalue weighted by Gasteiger charge is -2.72. The van der Waals surface area contributed by atoms with E-state index in [4.69, 9.17) is 4.74 Å². The molecule has 0 spiro atoms. The third kappa shape index (κ3) is 4.25. The summed E-state index contributed by atoms with van der Waals surface area (Å²) in [4.78, 5) is 37.5. The van der Waals surface area contributed by atoms with Crippen molar-refractivity contribution in [3.63, 3.8) is 0 Å². The Kier molecular flexibility index (Phi) is 7.55. The van der Waals surface area contributed by atoms with E-state index in [1.165, 1.54) is 0 Å². The van der Waals surface area contributed by atoms with Gasteiger partial charge >= 0.3 is 17.9 Å². The maximum Gasteiger partial charge on any atom is 0.309 e. The summed E-state index contributed by atoms with van der Waals surface area (Å²) in [7, 11) is 0. The second kappa shape index (κ2) is 9.96. The zero-order chi connectivity index (χ0) is 31.3. The largest absolute Gasteiger partial charge is 0.481 e. The number of hydrogen-bond donors (Lipinski definition) is 2. The molecule has 0 aromatic rings. The van der Waals surface area contributed by atoms with Crippen molar-refractivity contribution in [3.8, 4) is 0 Å². The lowest BCUT2D eigenvalue weighted by Crippen LogP contribution is -2.67. The Balaban J connectivity index is 1.42. The predicted molar refractivity (Wildman–Crippen MR) is 163 cm³/mol. The third-order valence-corrected chi connectivity index (χ3v) is 15.1. The van der Waals surface area contributed by atoms with Crippen LogP contribution in [0.1, 0.15) is 133 Å². The molecule has 5 aliphatic rings. The molecule has 0 aromatic heterocycles. The second-order valence-electron chi connectivity index (χ2n) is 17.8. The van der Waals surface area contributed by atoms with Gasteiger partial charge in [-0.25, -0.2) is 0 Å². The number of ether oxygens (including phenoxy) is 1. The van der Waals surface area contributed by atoms with Gasteiger partial charge in [0.2, 0.25) is 0 Å². The van der Waals surface area contributed by atoms with E-state index in [0.717, 1.165) is 64.2 Å². The fourth-order valence-electron chi connectivity index (χ4n) is 12.6. The van der Waals surface area contributed by atoms with Gasteiger partial charge < -0.3 is 14.9 Å². The molecule has 42 heavy (non-hydrogen) atoms. The minimum Gasteiger partial charge on any atom is -0.481 e. The van der Waals surface area contributed by atoms with Crippen LogP contribution in [0.2, 0.25) is 0 Å². The quantitative estimate of drug-likeness (QED) is 0.304. The van der Waals surface area contributed by atoms with Crippen LogP contribution in [-0.4, -0.2) is 34.2 Å². The molecule has 5 saturated carbocycles. The van der Waals surface area contributed by atoms with Crippen LogP contribution in [0.15, 0.2) is 0 Å². The number of esters is 1. The van der Waals surface area contributed by atoms with E-state index < -0.39 is 28.7 Å². The first-order valence-electron chi connectivity index (χ1n) is 16.9. The Labute approximate surface area is 254 Å². The van der Waals surface area contributed by atoms with Crippen LogP contribution in [0.5, 0.6) is 0 Å². The van der Waals surface area contributed by atoms with E-state index >= 15 is 0 Å². The summed E-state index contributed by atoms with van der Waals surface area (Å²) in [6, 6.07) is 0. The van der Waals surface area contributed by atoms with Gasteiger partial charge in [0.15, 0.2) is 0 Å². The average Bonchev–Trinajstić information content (AvgIpc) is 3.27. The van der Waals surface area contributed by atoms with Crippen LogP contribution >= 0.6 is 0 Å². The molecule has 0 amide bonds. The van der Waals surface area contributed by atoms with Gasteiger partial charge in [-0.2, -0.15) is 0 Å². The van der Waals surface area contributed by atoms with Gasteiger partial charge in [0.05, 0.1) is 17.3 Å². The van der Waals surface area contributed by atoms with Crippen LogP contribution in [-0.2, 0) is 19.1 Å². The molecular formula is C36H58O6. The van der Waals surface area contributed by atoms with Crippen molar-refractivity contribution in [2.24, 2.45) is 68.0 Å². The highest BCUT2D eigenvalue weighted by atomic mass is 16.5. The highest BCUT2D eigenvalue weighted by Crippen LogP contribution is 2.77. The molecule has 6 nitrogen and oxygen atoms in total. The maximum atomic E-state index is 12.9. The SMILES string of the molecule is CC(C)C1CC[C@]2(C(=O)O)CC[C@]3(C)C(CCC4[C@@]5(C)CC[C@H](OC(=O)CC(C)(C)C(=O)O)C(C)(C)C5CC[C@]43C)C12. The number of carbonyl (C=O) groups is 3. The molecule has 0 bridgehead atoms. The van der Waals surface area contributed by atoms with Crippen molar-refractivity contribution in [1.29, 1.82) is 0 Å². The Bertz CT molecular complexity index is 1120. The van der Waals surface area contributed by atoms with Gasteiger partial charge in [-0.1, -0.05) is 48.5 Å². The van der Waals surface area contributed by atoms with Crippen LogP contribution in [0.3, 0.4) is 0 Å². The minimum atomic E-state index is -1.14. The first-order chi connectivity index (χ1) is 19.3. The smallest absolute Gasteiger partial charge is 0.309 e. The number of carboxylic acid groups (broad SMARTS) is 2. The van der Waals surface area contributed by atoms with Crippen molar-refractivity contribution in [2.45, 2.75) is 139 Å².